The van der Waals surface area contributed by atoms with Gasteiger partial charge < -0.3 is 0 Å². The van der Waals surface area contributed by atoms with E-state index in [0.29, 0.717) is 0 Å². The summed E-state index contributed by atoms with van der Waals surface area (Å²) in [5.74, 6) is 0. The Morgan fingerprint density at radius 2 is 1.63 bits per heavy atom. The molecule has 0 radical (unpaired) electrons. The maximum atomic E-state index is 4.88. The average Bonchev–Trinajstić information content (AvgIpc) is 3.35. The molecule has 0 unspecified atom stereocenters. The third kappa shape index (κ3) is 2.62. The van der Waals surface area contributed by atoms with Crippen molar-refractivity contribution in [2.45, 2.75) is 26.2 Å². The molecule has 3 aromatic heterocycles. The fourth-order valence-electron chi connectivity index (χ4n) is 4.52. The molecule has 0 aliphatic heterocycles. The second-order valence-electron chi connectivity index (χ2n) is 8.90. The molecule has 146 valence electrons. The summed E-state index contributed by atoms with van der Waals surface area (Å²) < 4.78 is 3.96. The van der Waals surface area contributed by atoms with Gasteiger partial charge in [-0.15, -0.1) is 22.7 Å². The van der Waals surface area contributed by atoms with Gasteiger partial charge in [0.15, 0.2) is 0 Å². The van der Waals surface area contributed by atoms with Crippen molar-refractivity contribution in [3.63, 3.8) is 0 Å². The number of fused-ring (bicyclic) bond motifs is 6. The van der Waals surface area contributed by atoms with Crippen molar-refractivity contribution in [3.05, 3.63) is 77.8 Å². The van der Waals surface area contributed by atoms with Gasteiger partial charge in [0.2, 0.25) is 0 Å². The Morgan fingerprint density at radius 1 is 0.800 bits per heavy atom. The molecule has 0 atom stereocenters. The van der Waals surface area contributed by atoms with Gasteiger partial charge in [-0.3, -0.25) is 4.98 Å². The molecule has 3 heteroatoms. The van der Waals surface area contributed by atoms with Gasteiger partial charge in [0.25, 0.3) is 0 Å². The van der Waals surface area contributed by atoms with Crippen LogP contribution in [0.1, 0.15) is 26.3 Å². The predicted molar refractivity (Wildman–Crippen MR) is 134 cm³/mol. The molecule has 1 nitrogen and oxygen atoms in total. The van der Waals surface area contributed by atoms with Crippen molar-refractivity contribution < 1.29 is 0 Å². The molecule has 0 aliphatic rings. The lowest BCUT2D eigenvalue weighted by molar-refractivity contribution is 0.596. The first kappa shape index (κ1) is 18.1. The normalized spacial score (nSPS) is 12.5. The largest absolute Gasteiger partial charge is 0.255 e. The van der Waals surface area contributed by atoms with Gasteiger partial charge in [-0.05, 0) is 63.5 Å². The minimum absolute atomic E-state index is 0.0620. The monoisotopic (exact) mass is 423 g/mol. The summed E-state index contributed by atoms with van der Waals surface area (Å²) in [7, 11) is 0. The number of pyridine rings is 1. The lowest BCUT2D eigenvalue weighted by Gasteiger charge is -2.22. The van der Waals surface area contributed by atoms with Crippen molar-refractivity contribution in [2.24, 2.45) is 0 Å². The first-order valence-corrected chi connectivity index (χ1v) is 11.9. The molecular weight excluding hydrogens is 402 g/mol. The Balaban J connectivity index is 1.71. The number of hydrogen-bond acceptors (Lipinski definition) is 3. The summed E-state index contributed by atoms with van der Waals surface area (Å²) in [6.45, 7) is 6.87. The van der Waals surface area contributed by atoms with Crippen LogP contribution in [-0.4, -0.2) is 4.98 Å². The van der Waals surface area contributed by atoms with Gasteiger partial charge >= 0.3 is 0 Å². The molecule has 3 heterocycles. The summed E-state index contributed by atoms with van der Waals surface area (Å²) in [6.07, 6.45) is 1.97. The molecule has 0 spiro atoms. The number of rotatable bonds is 1. The molecule has 0 aliphatic carbocycles. The Hall–Kier alpha value is -2.75. The highest BCUT2D eigenvalue weighted by molar-refractivity contribution is 7.26. The summed E-state index contributed by atoms with van der Waals surface area (Å²) >= 11 is 3.67. The van der Waals surface area contributed by atoms with E-state index in [2.05, 4.69) is 86.8 Å². The van der Waals surface area contributed by atoms with E-state index in [0.717, 1.165) is 5.69 Å². The van der Waals surface area contributed by atoms with Crippen molar-refractivity contribution in [1.82, 2.24) is 4.98 Å². The Kier molecular flexibility index (Phi) is 3.83. The zero-order valence-corrected chi connectivity index (χ0v) is 18.8. The average molecular weight is 424 g/mol. The standard InChI is InChI=1S/C27H21NS2/c1-27(2,3)21-15-17(14-16-6-4-5-7-18(16)21)25-26-20(10-12-28-25)24-19-11-13-29-22(19)8-9-23(24)30-26/h4-15H,1-3H3. The van der Waals surface area contributed by atoms with Gasteiger partial charge in [-0.2, -0.15) is 0 Å². The first-order chi connectivity index (χ1) is 14.5. The topological polar surface area (TPSA) is 12.9 Å². The predicted octanol–water partition coefficient (Wildman–Crippen LogP) is 8.78. The van der Waals surface area contributed by atoms with Crippen molar-refractivity contribution in [1.29, 1.82) is 0 Å². The third-order valence-electron chi connectivity index (χ3n) is 5.93. The molecule has 0 N–H and O–H groups in total. The molecule has 0 amide bonds. The third-order valence-corrected chi connectivity index (χ3v) is 7.99. The van der Waals surface area contributed by atoms with Crippen LogP contribution in [-0.2, 0) is 5.41 Å². The van der Waals surface area contributed by atoms with E-state index < -0.39 is 0 Å². The van der Waals surface area contributed by atoms with Crippen LogP contribution in [0.4, 0.5) is 0 Å². The van der Waals surface area contributed by atoms with Crippen LogP contribution in [0.2, 0.25) is 0 Å². The van der Waals surface area contributed by atoms with E-state index in [4.69, 9.17) is 4.98 Å². The summed E-state index contributed by atoms with van der Waals surface area (Å²) in [5, 5.41) is 8.84. The minimum atomic E-state index is 0.0620. The van der Waals surface area contributed by atoms with Crippen LogP contribution >= 0.6 is 22.7 Å². The molecule has 0 bridgehead atoms. The quantitative estimate of drug-likeness (QED) is 0.257. The number of benzene rings is 3. The highest BCUT2D eigenvalue weighted by Crippen LogP contribution is 2.44. The van der Waals surface area contributed by atoms with Crippen LogP contribution in [0.5, 0.6) is 0 Å². The zero-order chi connectivity index (χ0) is 20.5. The van der Waals surface area contributed by atoms with E-state index >= 15 is 0 Å². The van der Waals surface area contributed by atoms with Crippen molar-refractivity contribution in [3.8, 4) is 11.3 Å². The van der Waals surface area contributed by atoms with E-state index in [-0.39, 0.29) is 5.41 Å². The number of hydrogen-bond donors (Lipinski definition) is 0. The maximum Gasteiger partial charge on any atom is 0.0880 e. The van der Waals surface area contributed by atoms with Crippen LogP contribution < -0.4 is 0 Å². The summed E-state index contributed by atoms with van der Waals surface area (Å²) in [4.78, 5) is 4.88. The Labute approximate surface area is 183 Å². The fraction of sp³-hybridized carbons (Fsp3) is 0.148. The summed E-state index contributed by atoms with van der Waals surface area (Å²) in [6, 6.07) is 22.3. The van der Waals surface area contributed by atoms with E-state index in [1.807, 2.05) is 28.9 Å². The van der Waals surface area contributed by atoms with Crippen LogP contribution in [0.15, 0.2) is 72.2 Å². The molecular formula is C27H21NS2. The van der Waals surface area contributed by atoms with E-state index in [1.165, 1.54) is 52.2 Å². The van der Waals surface area contributed by atoms with Crippen LogP contribution in [0.25, 0.3) is 52.3 Å². The number of thiophene rings is 2. The van der Waals surface area contributed by atoms with E-state index in [9.17, 15) is 0 Å². The molecule has 0 fully saturated rings. The van der Waals surface area contributed by atoms with Gasteiger partial charge in [0.1, 0.15) is 0 Å². The Morgan fingerprint density at radius 3 is 2.50 bits per heavy atom. The zero-order valence-electron chi connectivity index (χ0n) is 17.2. The lowest BCUT2D eigenvalue weighted by atomic mass is 9.82. The highest BCUT2D eigenvalue weighted by atomic mass is 32.1. The second-order valence-corrected chi connectivity index (χ2v) is 10.9. The second kappa shape index (κ2) is 6.37. The molecule has 3 aromatic carbocycles. The van der Waals surface area contributed by atoms with Crippen LogP contribution in [0, 0.1) is 0 Å². The maximum absolute atomic E-state index is 4.88. The number of nitrogens with zero attached hydrogens (tertiary/aromatic N) is 1. The first-order valence-electron chi connectivity index (χ1n) is 10.2. The highest BCUT2D eigenvalue weighted by Gasteiger charge is 2.20. The van der Waals surface area contributed by atoms with Gasteiger partial charge in [-0.1, -0.05) is 45.0 Å². The summed E-state index contributed by atoms with van der Waals surface area (Å²) in [5.41, 5.74) is 3.73. The van der Waals surface area contributed by atoms with Crippen LogP contribution in [0.3, 0.4) is 0 Å². The molecule has 30 heavy (non-hydrogen) atoms. The molecule has 0 saturated carbocycles. The molecule has 6 rings (SSSR count). The van der Waals surface area contributed by atoms with Gasteiger partial charge in [0, 0.05) is 37.3 Å². The minimum Gasteiger partial charge on any atom is -0.255 e. The van der Waals surface area contributed by atoms with Gasteiger partial charge in [-0.25, -0.2) is 0 Å². The van der Waals surface area contributed by atoms with Crippen molar-refractivity contribution >= 4 is 63.7 Å². The smallest absolute Gasteiger partial charge is 0.0880 e. The molecule has 6 aromatic rings. The lowest BCUT2D eigenvalue weighted by Crippen LogP contribution is -2.12. The Bertz CT molecular complexity index is 1580. The number of aromatic nitrogens is 1. The van der Waals surface area contributed by atoms with Crippen molar-refractivity contribution in [2.75, 3.05) is 0 Å². The SMILES string of the molecule is CC(C)(C)c1cc(-c2nccc3c2sc2ccc4sccc4c23)cc2ccccc12. The van der Waals surface area contributed by atoms with Gasteiger partial charge in [0.05, 0.1) is 10.4 Å². The fourth-order valence-corrected chi connectivity index (χ4v) is 6.54. The van der Waals surface area contributed by atoms with E-state index in [1.54, 1.807) is 0 Å². The molecule has 0 saturated heterocycles.